The molecule has 0 fully saturated rings. The number of ether oxygens (including phenoxy) is 2. The Labute approximate surface area is 137 Å². The van der Waals surface area contributed by atoms with E-state index in [4.69, 9.17) is 14.6 Å². The Kier molecular flexibility index (Phi) is 10.0. The van der Waals surface area contributed by atoms with Crippen molar-refractivity contribution in [2.75, 3.05) is 0 Å². The number of nitrogens with one attached hydrogen (secondary N) is 1. The van der Waals surface area contributed by atoms with Gasteiger partial charge in [-0.15, -0.1) is 0 Å². The molecule has 0 aliphatic heterocycles. The van der Waals surface area contributed by atoms with Crippen molar-refractivity contribution in [3.8, 4) is 0 Å². The summed E-state index contributed by atoms with van der Waals surface area (Å²) in [6.45, 7) is 8.80. The van der Waals surface area contributed by atoms with Crippen molar-refractivity contribution in [2.24, 2.45) is 11.8 Å². The monoisotopic (exact) mass is 331 g/mol. The van der Waals surface area contributed by atoms with Crippen LogP contribution in [0.15, 0.2) is 0 Å². The number of rotatable bonds is 10. The van der Waals surface area contributed by atoms with E-state index >= 15 is 0 Å². The summed E-state index contributed by atoms with van der Waals surface area (Å²) < 4.78 is 10.0. The average Bonchev–Trinajstić information content (AvgIpc) is 2.36. The first-order valence-corrected chi connectivity index (χ1v) is 8.01. The van der Waals surface area contributed by atoms with Crippen LogP contribution in [0.4, 0.5) is 4.79 Å². The minimum atomic E-state index is -0.994. The van der Waals surface area contributed by atoms with Crippen molar-refractivity contribution in [3.05, 3.63) is 0 Å². The maximum absolute atomic E-state index is 12.0. The van der Waals surface area contributed by atoms with E-state index < -0.39 is 30.4 Å². The van der Waals surface area contributed by atoms with Crippen LogP contribution >= 0.6 is 0 Å². The normalized spacial score (nSPS) is 14.7. The van der Waals surface area contributed by atoms with Crippen LogP contribution in [0.2, 0.25) is 0 Å². The van der Waals surface area contributed by atoms with E-state index in [9.17, 15) is 14.4 Å². The first-order chi connectivity index (χ1) is 10.6. The lowest BCUT2D eigenvalue weighted by Gasteiger charge is -2.24. The van der Waals surface area contributed by atoms with Crippen LogP contribution in [0.3, 0.4) is 0 Å². The molecule has 0 saturated heterocycles. The van der Waals surface area contributed by atoms with Crippen LogP contribution in [0.5, 0.6) is 0 Å². The summed E-state index contributed by atoms with van der Waals surface area (Å²) in [5.74, 6) is -1.45. The predicted molar refractivity (Wildman–Crippen MR) is 84.7 cm³/mol. The van der Waals surface area contributed by atoms with E-state index in [0.717, 1.165) is 12.8 Å². The van der Waals surface area contributed by atoms with Gasteiger partial charge in [-0.1, -0.05) is 40.5 Å². The molecule has 3 atom stereocenters. The second-order valence-electron chi connectivity index (χ2n) is 6.20. The van der Waals surface area contributed by atoms with Crippen LogP contribution in [-0.2, 0) is 19.1 Å². The van der Waals surface area contributed by atoms with Crippen molar-refractivity contribution in [3.63, 3.8) is 0 Å². The zero-order valence-electron chi connectivity index (χ0n) is 14.6. The fourth-order valence-electron chi connectivity index (χ4n) is 2.27. The average molecular weight is 331 g/mol. The Hall–Kier alpha value is -1.79. The predicted octanol–water partition coefficient (Wildman–Crippen LogP) is 2.93. The quantitative estimate of drug-likeness (QED) is 0.471. The number of aliphatic carboxylic acids is 1. The molecule has 0 rings (SSSR count). The third-order valence-electron chi connectivity index (χ3n) is 3.26. The maximum Gasteiger partial charge on any atom is 0.410 e. The van der Waals surface area contributed by atoms with Gasteiger partial charge in [-0.2, -0.15) is 0 Å². The zero-order valence-corrected chi connectivity index (χ0v) is 14.6. The van der Waals surface area contributed by atoms with Crippen LogP contribution in [0.1, 0.15) is 60.3 Å². The molecule has 0 spiro atoms. The molecule has 7 heteroatoms. The molecule has 23 heavy (non-hydrogen) atoms. The minimum Gasteiger partial charge on any atom is -0.481 e. The summed E-state index contributed by atoms with van der Waals surface area (Å²) in [4.78, 5) is 33.9. The minimum absolute atomic E-state index is 0.178. The molecule has 134 valence electrons. The Morgan fingerprint density at radius 3 is 2.17 bits per heavy atom. The van der Waals surface area contributed by atoms with Gasteiger partial charge in [0.15, 0.2) is 0 Å². The molecule has 0 saturated carbocycles. The van der Waals surface area contributed by atoms with Crippen LogP contribution in [0, 0.1) is 11.8 Å². The topological polar surface area (TPSA) is 102 Å². The molecule has 0 aromatic heterocycles. The van der Waals surface area contributed by atoms with Crippen LogP contribution in [0.25, 0.3) is 0 Å². The molecular weight excluding hydrogens is 302 g/mol. The number of hydrogen-bond acceptors (Lipinski definition) is 5. The molecule has 2 unspecified atom stereocenters. The number of esters is 1. The lowest BCUT2D eigenvalue weighted by atomic mass is 9.95. The number of hydrogen-bond donors (Lipinski definition) is 2. The summed E-state index contributed by atoms with van der Waals surface area (Å²) in [5.41, 5.74) is 0. The highest BCUT2D eigenvalue weighted by Crippen LogP contribution is 2.15. The Morgan fingerprint density at radius 2 is 1.74 bits per heavy atom. The van der Waals surface area contributed by atoms with Crippen molar-refractivity contribution in [2.45, 2.75) is 72.6 Å². The molecule has 0 aromatic rings. The second kappa shape index (κ2) is 10.9. The van der Waals surface area contributed by atoms with Crippen molar-refractivity contribution >= 4 is 18.0 Å². The van der Waals surface area contributed by atoms with E-state index in [2.05, 4.69) is 12.2 Å². The molecule has 1 amide bonds. The first-order valence-electron chi connectivity index (χ1n) is 8.01. The lowest BCUT2D eigenvalue weighted by Crippen LogP contribution is -2.41. The van der Waals surface area contributed by atoms with Crippen LogP contribution < -0.4 is 5.32 Å². The Balaban J connectivity index is 4.66. The van der Waals surface area contributed by atoms with E-state index in [1.165, 1.54) is 6.92 Å². The second-order valence-corrected chi connectivity index (χ2v) is 6.20. The molecule has 0 radical (unpaired) electrons. The summed E-state index contributed by atoms with van der Waals surface area (Å²) in [6, 6.07) is -0.522. The van der Waals surface area contributed by atoms with Gasteiger partial charge in [-0.05, 0) is 12.3 Å². The Morgan fingerprint density at radius 1 is 1.13 bits per heavy atom. The van der Waals surface area contributed by atoms with Crippen molar-refractivity contribution in [1.29, 1.82) is 0 Å². The Bertz CT molecular complexity index is 396. The van der Waals surface area contributed by atoms with Gasteiger partial charge in [0.1, 0.15) is 0 Å². The maximum atomic E-state index is 12.0. The van der Waals surface area contributed by atoms with Gasteiger partial charge in [-0.3, -0.25) is 9.59 Å². The number of carbonyl (C=O) groups is 3. The molecule has 0 aliphatic carbocycles. The van der Waals surface area contributed by atoms with Gasteiger partial charge in [-0.25, -0.2) is 4.79 Å². The molecule has 2 N–H and O–H groups in total. The molecular formula is C16H29NO6. The third kappa shape index (κ3) is 10.5. The SMILES string of the molecule is CCCC(C)CC(CC(=O)O)NC(=O)O[C@@H](OC(C)=O)C(C)C. The summed E-state index contributed by atoms with van der Waals surface area (Å²) in [6.07, 6.45) is 0.548. The zero-order chi connectivity index (χ0) is 18.0. The van der Waals surface area contributed by atoms with Gasteiger partial charge in [0.2, 0.25) is 0 Å². The number of carbonyl (C=O) groups excluding carboxylic acids is 2. The summed E-state index contributed by atoms with van der Waals surface area (Å²) >= 11 is 0. The van der Waals surface area contributed by atoms with Gasteiger partial charge >= 0.3 is 18.0 Å². The molecule has 7 nitrogen and oxygen atoms in total. The van der Waals surface area contributed by atoms with Crippen molar-refractivity contribution < 1.29 is 29.0 Å². The fourth-order valence-corrected chi connectivity index (χ4v) is 2.27. The molecule has 0 aliphatic rings. The fraction of sp³-hybridized carbons (Fsp3) is 0.812. The van der Waals surface area contributed by atoms with E-state index in [-0.39, 0.29) is 12.3 Å². The highest BCUT2D eigenvalue weighted by atomic mass is 16.7. The molecule has 0 aromatic carbocycles. The van der Waals surface area contributed by atoms with Crippen molar-refractivity contribution in [1.82, 2.24) is 5.32 Å². The van der Waals surface area contributed by atoms with E-state index in [1.807, 2.05) is 6.92 Å². The number of carboxylic acids is 1. The highest BCUT2D eigenvalue weighted by Gasteiger charge is 2.24. The highest BCUT2D eigenvalue weighted by molar-refractivity contribution is 5.71. The first kappa shape index (κ1) is 21.2. The largest absolute Gasteiger partial charge is 0.481 e. The summed E-state index contributed by atoms with van der Waals surface area (Å²) in [5, 5.41) is 11.5. The van der Waals surface area contributed by atoms with Gasteiger partial charge < -0.3 is 19.9 Å². The smallest absolute Gasteiger partial charge is 0.410 e. The molecule has 0 heterocycles. The van der Waals surface area contributed by atoms with E-state index in [1.54, 1.807) is 13.8 Å². The van der Waals surface area contributed by atoms with Gasteiger partial charge in [0, 0.05) is 18.9 Å². The number of carboxylic acid groups (broad SMARTS) is 1. The summed E-state index contributed by atoms with van der Waals surface area (Å²) in [7, 11) is 0. The number of alkyl carbamates (subject to hydrolysis) is 1. The molecule has 0 bridgehead atoms. The van der Waals surface area contributed by atoms with Gasteiger partial charge in [0.25, 0.3) is 6.29 Å². The standard InChI is InChI=1S/C16H29NO6/c1-6-7-11(4)8-13(9-14(19)20)17-16(21)23-15(10(2)3)22-12(5)18/h10-11,13,15H,6-9H2,1-5H3,(H,17,21)(H,19,20)/t11?,13?,15-/m1/s1. The van der Waals surface area contributed by atoms with Crippen LogP contribution in [-0.4, -0.2) is 35.5 Å². The van der Waals surface area contributed by atoms with Gasteiger partial charge in [0.05, 0.1) is 6.42 Å². The van der Waals surface area contributed by atoms with E-state index in [0.29, 0.717) is 12.3 Å². The number of amides is 1. The lowest BCUT2D eigenvalue weighted by molar-refractivity contribution is -0.172. The third-order valence-corrected chi connectivity index (χ3v) is 3.26.